The minimum absolute atomic E-state index is 0.990. The molecule has 2 unspecified atom stereocenters. The number of halogens is 4. The van der Waals surface area contributed by atoms with E-state index in [1.54, 1.807) is 0 Å². The third-order valence-electron chi connectivity index (χ3n) is 2.10. The maximum absolute atomic E-state index is 9.75. The monoisotopic (exact) mass is 246 g/mol. The lowest BCUT2D eigenvalue weighted by Crippen LogP contribution is -2.22. The van der Waals surface area contributed by atoms with Gasteiger partial charge in [0, 0.05) is 6.42 Å². The number of hydrogen-bond donors (Lipinski definition) is 0. The van der Waals surface area contributed by atoms with Crippen molar-refractivity contribution < 1.29 is 17.3 Å². The molecule has 0 nitrogen and oxygen atoms in total. The van der Waals surface area contributed by atoms with E-state index in [2.05, 4.69) is 27.8 Å². The van der Waals surface area contributed by atoms with Gasteiger partial charge in [0.05, 0.1) is 5.25 Å². The van der Waals surface area contributed by atoms with E-state index in [0.717, 1.165) is 10.5 Å². The van der Waals surface area contributed by atoms with Crippen LogP contribution in [0.1, 0.15) is 25.7 Å². The molecule has 0 N–H and O–H groups in total. The molecule has 0 amide bonds. The van der Waals surface area contributed by atoms with Crippen molar-refractivity contribution in [3.63, 3.8) is 0 Å². The van der Waals surface area contributed by atoms with Gasteiger partial charge in [0.25, 0.3) is 0 Å². The van der Waals surface area contributed by atoms with Crippen molar-refractivity contribution in [1.82, 2.24) is 0 Å². The third kappa shape index (κ3) is 5.19. The molecule has 1 heterocycles. The van der Waals surface area contributed by atoms with Crippen LogP contribution in [0.3, 0.4) is 0 Å². The van der Waals surface area contributed by atoms with Crippen LogP contribution >= 0.6 is 11.8 Å². The largest absolute Gasteiger partial charge is 0.673 e. The van der Waals surface area contributed by atoms with Crippen molar-refractivity contribution in [2.75, 3.05) is 0 Å². The molecule has 0 saturated heterocycles. The average Bonchev–Trinajstić information content (AvgIpc) is 2.47. The van der Waals surface area contributed by atoms with E-state index in [9.17, 15) is 17.3 Å². The summed E-state index contributed by atoms with van der Waals surface area (Å²) in [6.07, 6.45) is 5.89. The smallest absolute Gasteiger partial charge is 0.418 e. The highest BCUT2D eigenvalue weighted by atomic mass is 32.2. The maximum atomic E-state index is 9.75. The zero-order valence-electron chi connectivity index (χ0n) is 7.47. The summed E-state index contributed by atoms with van der Waals surface area (Å²) in [4.78, 5) is 0. The molecule has 1 aliphatic heterocycles. The first-order chi connectivity index (χ1) is 6.47. The molecular formula is C7H11BF4S2. The molecule has 0 radical (unpaired) electrons. The van der Waals surface area contributed by atoms with Gasteiger partial charge in [0.1, 0.15) is 0 Å². The first-order valence-electron chi connectivity index (χ1n) is 4.47. The van der Waals surface area contributed by atoms with Gasteiger partial charge < -0.3 is 17.3 Å². The minimum Gasteiger partial charge on any atom is -0.418 e. The second kappa shape index (κ2) is 5.35. The van der Waals surface area contributed by atoms with Crippen molar-refractivity contribution in [2.24, 2.45) is 0 Å². The molecule has 2 atom stereocenters. The molecule has 14 heavy (non-hydrogen) atoms. The lowest BCUT2D eigenvalue weighted by Gasteiger charge is -2.15. The summed E-state index contributed by atoms with van der Waals surface area (Å²) >= 11 is 4.13. The van der Waals surface area contributed by atoms with Gasteiger partial charge in [-0.25, -0.2) is 0 Å². The molecule has 1 fully saturated rings. The van der Waals surface area contributed by atoms with Gasteiger partial charge >= 0.3 is 7.25 Å². The van der Waals surface area contributed by atoms with E-state index in [0.29, 0.717) is 0 Å². The quantitative estimate of drug-likeness (QED) is 0.274. The van der Waals surface area contributed by atoms with E-state index < -0.39 is 7.25 Å². The summed E-state index contributed by atoms with van der Waals surface area (Å²) < 4.78 is 41.3. The number of thioether (sulfide) groups is 1. The van der Waals surface area contributed by atoms with Crippen LogP contribution in [0.15, 0.2) is 0 Å². The highest BCUT2D eigenvalue weighted by Crippen LogP contribution is 2.32. The van der Waals surface area contributed by atoms with Crippen molar-refractivity contribution in [1.29, 1.82) is 0 Å². The van der Waals surface area contributed by atoms with Crippen LogP contribution in [-0.2, 0) is 11.4 Å². The Bertz CT molecular complexity index is 200. The summed E-state index contributed by atoms with van der Waals surface area (Å²) in [5.41, 5.74) is 0. The first-order valence-corrected chi connectivity index (χ1v) is 6.35. The van der Waals surface area contributed by atoms with Crippen molar-refractivity contribution in [2.45, 2.75) is 36.2 Å². The van der Waals surface area contributed by atoms with Gasteiger partial charge in [0.15, 0.2) is 16.6 Å². The normalized spacial score (nSPS) is 30.6. The van der Waals surface area contributed by atoms with Crippen LogP contribution in [0.4, 0.5) is 17.3 Å². The van der Waals surface area contributed by atoms with Gasteiger partial charge in [0.2, 0.25) is 4.70 Å². The SMILES string of the molecule is C1=[S+]C2CCCCC2S1.F[B-](F)(F)F. The van der Waals surface area contributed by atoms with Crippen LogP contribution < -0.4 is 0 Å². The Labute approximate surface area is 88.9 Å². The fraction of sp³-hybridized carbons (Fsp3) is 0.857. The number of hydrogen-bond acceptors (Lipinski definition) is 1. The van der Waals surface area contributed by atoms with Crippen molar-refractivity contribution >= 4 is 35.1 Å². The Morgan fingerprint density at radius 2 is 1.71 bits per heavy atom. The minimum atomic E-state index is -6.00. The van der Waals surface area contributed by atoms with Crippen LogP contribution in [0.25, 0.3) is 0 Å². The molecule has 2 rings (SSSR count). The van der Waals surface area contributed by atoms with Crippen molar-refractivity contribution in [3.8, 4) is 0 Å². The molecule has 7 heteroatoms. The zero-order valence-corrected chi connectivity index (χ0v) is 9.10. The van der Waals surface area contributed by atoms with Crippen LogP contribution in [-0.4, -0.2) is 22.5 Å². The fourth-order valence-corrected chi connectivity index (χ4v) is 4.56. The Balaban J connectivity index is 0.000000171. The lowest BCUT2D eigenvalue weighted by atomic mass is 10.00. The fourth-order valence-electron chi connectivity index (χ4n) is 1.55. The van der Waals surface area contributed by atoms with E-state index in [1.165, 1.54) is 25.7 Å². The van der Waals surface area contributed by atoms with Gasteiger partial charge in [-0.05, 0) is 12.8 Å². The summed E-state index contributed by atoms with van der Waals surface area (Å²) in [6, 6.07) is 0. The molecule has 0 aromatic carbocycles. The highest BCUT2D eigenvalue weighted by molar-refractivity contribution is 8.23. The molecule has 82 valence electrons. The molecule has 0 spiro atoms. The van der Waals surface area contributed by atoms with Gasteiger partial charge in [-0.2, -0.15) is 0 Å². The van der Waals surface area contributed by atoms with Crippen LogP contribution in [0.5, 0.6) is 0 Å². The van der Waals surface area contributed by atoms with Crippen LogP contribution in [0.2, 0.25) is 0 Å². The van der Waals surface area contributed by atoms with E-state index in [4.69, 9.17) is 0 Å². The topological polar surface area (TPSA) is 0 Å². The predicted molar refractivity (Wildman–Crippen MR) is 57.3 cm³/mol. The Hall–Kier alpha value is 0.225. The molecule has 1 aliphatic carbocycles. The summed E-state index contributed by atoms with van der Waals surface area (Å²) in [6.45, 7) is 0. The number of rotatable bonds is 0. The van der Waals surface area contributed by atoms with Gasteiger partial charge in [-0.15, -0.1) is 0 Å². The Morgan fingerprint density at radius 1 is 1.14 bits per heavy atom. The second-order valence-electron chi connectivity index (χ2n) is 3.22. The molecule has 1 saturated carbocycles. The summed E-state index contributed by atoms with van der Waals surface area (Å²) in [5, 5.41) is 1.98. The van der Waals surface area contributed by atoms with E-state index in [1.807, 2.05) is 0 Å². The maximum Gasteiger partial charge on any atom is 0.673 e. The average molecular weight is 246 g/mol. The first kappa shape index (κ1) is 12.3. The molecule has 0 aromatic heterocycles. The molecule has 0 bridgehead atoms. The molecule has 2 aliphatic rings. The summed E-state index contributed by atoms with van der Waals surface area (Å²) in [5.74, 6) is 0. The Morgan fingerprint density at radius 3 is 2.29 bits per heavy atom. The van der Waals surface area contributed by atoms with E-state index in [-0.39, 0.29) is 0 Å². The van der Waals surface area contributed by atoms with Gasteiger partial charge in [-0.1, -0.05) is 18.2 Å². The predicted octanol–water partition coefficient (Wildman–Crippen LogP) is 3.19. The van der Waals surface area contributed by atoms with Crippen LogP contribution in [0, 0.1) is 0 Å². The van der Waals surface area contributed by atoms with Gasteiger partial charge in [-0.3, -0.25) is 0 Å². The standard InChI is InChI=1S/C7H11S2.BF4/c1-2-4-7-6(3-1)8-5-9-7;2-1(3,4)5/h5-7H,1-4H2;/q+1;-1. The lowest BCUT2D eigenvalue weighted by molar-refractivity contribution is 0.368. The highest BCUT2D eigenvalue weighted by Gasteiger charge is 2.36. The summed E-state index contributed by atoms with van der Waals surface area (Å²) in [7, 11) is -6.00. The second-order valence-corrected chi connectivity index (χ2v) is 5.75. The zero-order chi connectivity index (χ0) is 10.6. The third-order valence-corrected chi connectivity index (χ3v) is 4.99. The van der Waals surface area contributed by atoms with E-state index >= 15 is 0 Å². The number of fused-ring (bicyclic) bond motifs is 1. The molecular weight excluding hydrogens is 235 g/mol. The molecule has 0 aromatic rings. The van der Waals surface area contributed by atoms with Crippen molar-refractivity contribution in [3.05, 3.63) is 0 Å². The Kier molecular flexibility index (Phi) is 4.70.